The number of fused-ring (bicyclic) bond motifs is 1. The van der Waals surface area contributed by atoms with Gasteiger partial charge in [-0.1, -0.05) is 35.5 Å². The fraction of sp³-hybridized carbons (Fsp3) is 0.0952. The van der Waals surface area contributed by atoms with Crippen LogP contribution < -0.4 is 10.1 Å². The summed E-state index contributed by atoms with van der Waals surface area (Å²) in [7, 11) is 0. The first-order valence-corrected chi connectivity index (χ1v) is 10.5. The third-order valence-corrected chi connectivity index (χ3v) is 5.49. The molecule has 0 fully saturated rings. The van der Waals surface area contributed by atoms with Crippen molar-refractivity contribution in [1.82, 2.24) is 14.6 Å². The summed E-state index contributed by atoms with van der Waals surface area (Å²) in [5.74, 6) is 0.644. The standard InChI is InChI=1S/C21H14ClF3N4O2S/c22-16-3-1-2-4-17(16)31-15-8-6-14(7-9-15)26-19(30)12-32-20-28-27-18-10-5-13(11-29(18)20)21(23,24)25/h1-11H,12H2,(H,26,30). The summed E-state index contributed by atoms with van der Waals surface area (Å²) < 4.78 is 45.7. The summed E-state index contributed by atoms with van der Waals surface area (Å²) in [6.07, 6.45) is -3.58. The molecule has 11 heteroatoms. The van der Waals surface area contributed by atoms with Crippen molar-refractivity contribution in [2.75, 3.05) is 11.1 Å². The Labute approximate surface area is 189 Å². The van der Waals surface area contributed by atoms with E-state index in [2.05, 4.69) is 15.5 Å². The second-order valence-electron chi connectivity index (χ2n) is 6.52. The van der Waals surface area contributed by atoms with Crippen LogP contribution in [0.15, 0.2) is 72.0 Å². The van der Waals surface area contributed by atoms with Crippen molar-refractivity contribution in [2.24, 2.45) is 0 Å². The number of aromatic nitrogens is 3. The number of carbonyl (C=O) groups excluding carboxylic acids is 1. The van der Waals surface area contributed by atoms with E-state index in [0.29, 0.717) is 22.2 Å². The minimum absolute atomic E-state index is 0.0606. The number of nitrogens with zero attached hydrogens (tertiary/aromatic N) is 3. The van der Waals surface area contributed by atoms with Crippen LogP contribution in [0.25, 0.3) is 5.65 Å². The van der Waals surface area contributed by atoms with Gasteiger partial charge in [-0.15, -0.1) is 10.2 Å². The number of halogens is 4. The van der Waals surface area contributed by atoms with Crippen molar-refractivity contribution in [1.29, 1.82) is 0 Å². The predicted molar refractivity (Wildman–Crippen MR) is 115 cm³/mol. The molecule has 2 heterocycles. The average molecular weight is 479 g/mol. The van der Waals surface area contributed by atoms with Gasteiger partial charge in [0.2, 0.25) is 5.91 Å². The average Bonchev–Trinajstić information content (AvgIpc) is 3.17. The van der Waals surface area contributed by atoms with Gasteiger partial charge in [-0.2, -0.15) is 13.2 Å². The smallest absolute Gasteiger partial charge is 0.417 e. The Bertz CT molecular complexity index is 1260. The third-order valence-electron chi connectivity index (χ3n) is 4.23. The number of ether oxygens (including phenoxy) is 1. The Hall–Kier alpha value is -3.24. The highest BCUT2D eigenvalue weighted by atomic mass is 35.5. The molecule has 0 saturated carbocycles. The fourth-order valence-electron chi connectivity index (χ4n) is 2.72. The van der Waals surface area contributed by atoms with Crippen LogP contribution in [-0.4, -0.2) is 26.3 Å². The van der Waals surface area contributed by atoms with E-state index in [1.807, 2.05) is 0 Å². The number of para-hydroxylation sites is 1. The van der Waals surface area contributed by atoms with Crippen molar-refractivity contribution >= 4 is 40.6 Å². The second kappa shape index (κ2) is 9.09. The van der Waals surface area contributed by atoms with Crippen molar-refractivity contribution in [3.8, 4) is 11.5 Å². The van der Waals surface area contributed by atoms with Crippen LogP contribution in [0, 0.1) is 0 Å². The van der Waals surface area contributed by atoms with Crippen LogP contribution in [0.2, 0.25) is 5.02 Å². The van der Waals surface area contributed by atoms with Gasteiger partial charge in [0.15, 0.2) is 10.8 Å². The van der Waals surface area contributed by atoms with Crippen molar-refractivity contribution in [2.45, 2.75) is 11.3 Å². The van der Waals surface area contributed by atoms with E-state index in [-0.39, 0.29) is 22.5 Å². The minimum Gasteiger partial charge on any atom is -0.456 e. The summed E-state index contributed by atoms with van der Waals surface area (Å²) in [6, 6.07) is 15.9. The zero-order valence-corrected chi connectivity index (χ0v) is 17.7. The van der Waals surface area contributed by atoms with Gasteiger partial charge in [0.1, 0.15) is 11.5 Å². The molecule has 0 radical (unpaired) electrons. The Balaban J connectivity index is 1.36. The highest BCUT2D eigenvalue weighted by molar-refractivity contribution is 7.99. The van der Waals surface area contributed by atoms with E-state index in [4.69, 9.17) is 16.3 Å². The van der Waals surface area contributed by atoms with Crippen LogP contribution in [0.4, 0.5) is 18.9 Å². The first-order chi connectivity index (χ1) is 15.3. The maximum atomic E-state index is 12.9. The molecule has 1 amide bonds. The normalized spacial score (nSPS) is 11.5. The number of alkyl halides is 3. The lowest BCUT2D eigenvalue weighted by Gasteiger charge is -2.09. The van der Waals surface area contributed by atoms with Gasteiger partial charge in [0.05, 0.1) is 16.3 Å². The molecule has 0 aliphatic heterocycles. The largest absolute Gasteiger partial charge is 0.456 e. The van der Waals surface area contributed by atoms with Gasteiger partial charge in [-0.05, 0) is 48.5 Å². The molecule has 6 nitrogen and oxygen atoms in total. The number of rotatable bonds is 6. The molecule has 164 valence electrons. The van der Waals surface area contributed by atoms with Crippen LogP contribution in [0.5, 0.6) is 11.5 Å². The molecule has 2 aromatic heterocycles. The number of hydrogen-bond acceptors (Lipinski definition) is 5. The third kappa shape index (κ3) is 5.14. The fourth-order valence-corrected chi connectivity index (χ4v) is 3.61. The first kappa shape index (κ1) is 22.0. The molecular formula is C21H14ClF3N4O2S. The summed E-state index contributed by atoms with van der Waals surface area (Å²) >= 11 is 7.05. The van der Waals surface area contributed by atoms with Gasteiger partial charge in [0, 0.05) is 11.9 Å². The van der Waals surface area contributed by atoms with Crippen LogP contribution in [0.1, 0.15) is 5.56 Å². The molecule has 2 aromatic carbocycles. The molecule has 0 saturated heterocycles. The molecule has 4 aromatic rings. The maximum absolute atomic E-state index is 12.9. The van der Waals surface area contributed by atoms with Crippen LogP contribution in [0.3, 0.4) is 0 Å². The van der Waals surface area contributed by atoms with Gasteiger partial charge in [-0.25, -0.2) is 0 Å². The maximum Gasteiger partial charge on any atom is 0.417 e. The van der Waals surface area contributed by atoms with Gasteiger partial charge >= 0.3 is 6.18 Å². The minimum atomic E-state index is -4.49. The van der Waals surface area contributed by atoms with E-state index < -0.39 is 11.7 Å². The summed E-state index contributed by atoms with van der Waals surface area (Å²) in [6.45, 7) is 0. The monoisotopic (exact) mass is 478 g/mol. The summed E-state index contributed by atoms with van der Waals surface area (Å²) in [4.78, 5) is 12.3. The van der Waals surface area contributed by atoms with E-state index in [0.717, 1.165) is 24.0 Å². The first-order valence-electron chi connectivity index (χ1n) is 9.17. The highest BCUT2D eigenvalue weighted by Crippen LogP contribution is 2.31. The number of hydrogen-bond donors (Lipinski definition) is 1. The topological polar surface area (TPSA) is 68.5 Å². The van der Waals surface area contributed by atoms with E-state index >= 15 is 0 Å². The molecule has 0 aliphatic carbocycles. The molecule has 0 unspecified atom stereocenters. The van der Waals surface area contributed by atoms with E-state index in [1.165, 1.54) is 10.5 Å². The molecular weight excluding hydrogens is 465 g/mol. The number of carbonyl (C=O) groups is 1. The van der Waals surface area contributed by atoms with Crippen molar-refractivity contribution < 1.29 is 22.7 Å². The van der Waals surface area contributed by atoms with Crippen LogP contribution >= 0.6 is 23.4 Å². The quantitative estimate of drug-likeness (QED) is 0.348. The Morgan fingerprint density at radius 3 is 2.53 bits per heavy atom. The number of nitrogens with one attached hydrogen (secondary N) is 1. The van der Waals surface area contributed by atoms with E-state index in [1.54, 1.807) is 48.5 Å². The number of thioether (sulfide) groups is 1. The highest BCUT2D eigenvalue weighted by Gasteiger charge is 2.31. The Kier molecular flexibility index (Phi) is 6.24. The van der Waals surface area contributed by atoms with Crippen molar-refractivity contribution in [3.05, 3.63) is 77.4 Å². The SMILES string of the molecule is O=C(CSc1nnc2ccc(C(F)(F)F)cn12)Nc1ccc(Oc2ccccc2Cl)cc1. The summed E-state index contributed by atoms with van der Waals surface area (Å²) in [5.41, 5.74) is -0.0298. The van der Waals surface area contributed by atoms with Crippen molar-refractivity contribution in [3.63, 3.8) is 0 Å². The lowest BCUT2D eigenvalue weighted by atomic mass is 10.3. The molecule has 4 rings (SSSR count). The molecule has 0 spiro atoms. The van der Waals surface area contributed by atoms with E-state index in [9.17, 15) is 18.0 Å². The number of pyridine rings is 1. The Morgan fingerprint density at radius 2 is 1.81 bits per heavy atom. The lowest BCUT2D eigenvalue weighted by molar-refractivity contribution is -0.137. The zero-order chi connectivity index (χ0) is 22.7. The van der Waals surface area contributed by atoms with Gasteiger partial charge in [0.25, 0.3) is 0 Å². The number of amides is 1. The molecule has 0 bridgehead atoms. The summed E-state index contributed by atoms with van der Waals surface area (Å²) in [5, 5.41) is 11.1. The zero-order valence-electron chi connectivity index (χ0n) is 16.1. The van der Waals surface area contributed by atoms with Crippen LogP contribution in [-0.2, 0) is 11.0 Å². The van der Waals surface area contributed by atoms with Gasteiger partial charge < -0.3 is 10.1 Å². The number of anilines is 1. The van der Waals surface area contributed by atoms with Gasteiger partial charge in [-0.3, -0.25) is 9.20 Å². The molecule has 0 aliphatic rings. The molecule has 32 heavy (non-hydrogen) atoms. The molecule has 1 N–H and O–H groups in total. The molecule has 0 atom stereocenters. The lowest BCUT2D eigenvalue weighted by Crippen LogP contribution is -2.14. The predicted octanol–water partition coefficient (Wildman–Crippen LogP) is 5.92. The Morgan fingerprint density at radius 1 is 1.06 bits per heavy atom. The number of benzene rings is 2. The second-order valence-corrected chi connectivity index (χ2v) is 7.87.